The van der Waals surface area contributed by atoms with Crippen molar-refractivity contribution in [3.8, 4) is 0 Å². The minimum atomic E-state index is -0.931. The molecule has 1 N–H and O–H groups in total. The van der Waals surface area contributed by atoms with E-state index in [-0.39, 0.29) is 19.1 Å². The fourth-order valence-electron chi connectivity index (χ4n) is 2.51. The van der Waals surface area contributed by atoms with Crippen LogP contribution in [0.5, 0.6) is 0 Å². The van der Waals surface area contributed by atoms with Gasteiger partial charge in [0.05, 0.1) is 0 Å². The molecular formula is C17H21BrN2O4. The first-order valence-electron chi connectivity index (χ1n) is 7.90. The molecule has 1 aliphatic rings. The van der Waals surface area contributed by atoms with E-state index in [2.05, 4.69) is 21.2 Å². The molecule has 1 atom stereocenters. The quantitative estimate of drug-likeness (QED) is 0.567. The normalized spacial score (nSPS) is 20.2. The molecule has 1 heterocycles. The monoisotopic (exact) mass is 396 g/mol. The molecule has 1 fully saturated rings. The molecule has 24 heavy (non-hydrogen) atoms. The van der Waals surface area contributed by atoms with Gasteiger partial charge in [0.25, 0.3) is 5.91 Å². The lowest BCUT2D eigenvalue weighted by atomic mass is 9.95. The van der Waals surface area contributed by atoms with Crippen molar-refractivity contribution >= 4 is 33.8 Å². The van der Waals surface area contributed by atoms with Crippen LogP contribution in [0.15, 0.2) is 28.7 Å². The van der Waals surface area contributed by atoms with Gasteiger partial charge in [-0.05, 0) is 31.0 Å². The van der Waals surface area contributed by atoms with Crippen LogP contribution in [0.3, 0.4) is 0 Å². The first kappa shape index (κ1) is 18.4. The van der Waals surface area contributed by atoms with E-state index in [0.29, 0.717) is 6.42 Å². The summed E-state index contributed by atoms with van der Waals surface area (Å²) >= 11 is 3.33. The third kappa shape index (κ3) is 4.35. The summed E-state index contributed by atoms with van der Waals surface area (Å²) in [5, 5.41) is 2.67. The lowest BCUT2D eigenvalue weighted by molar-refractivity contribution is -0.148. The highest BCUT2D eigenvalue weighted by Crippen LogP contribution is 2.23. The molecule has 0 spiro atoms. The molecule has 0 saturated carbocycles. The van der Waals surface area contributed by atoms with E-state index in [4.69, 9.17) is 4.74 Å². The second-order valence-corrected chi connectivity index (χ2v) is 6.96. The first-order chi connectivity index (χ1) is 11.4. The van der Waals surface area contributed by atoms with E-state index in [1.165, 1.54) is 0 Å². The summed E-state index contributed by atoms with van der Waals surface area (Å²) in [5.41, 5.74) is -0.101. The number of benzene rings is 1. The van der Waals surface area contributed by atoms with Gasteiger partial charge in [-0.25, -0.2) is 4.79 Å². The van der Waals surface area contributed by atoms with E-state index < -0.39 is 17.5 Å². The van der Waals surface area contributed by atoms with Gasteiger partial charge in [0.15, 0.2) is 0 Å². The maximum atomic E-state index is 12.4. The zero-order chi connectivity index (χ0) is 17.7. The topological polar surface area (TPSA) is 75.7 Å². The van der Waals surface area contributed by atoms with Crippen LogP contribution in [0.4, 0.5) is 4.79 Å². The van der Waals surface area contributed by atoms with Crippen molar-refractivity contribution in [2.75, 3.05) is 6.54 Å². The Balaban J connectivity index is 1.90. The maximum Gasteiger partial charge on any atom is 0.326 e. The molecule has 1 saturated heterocycles. The van der Waals surface area contributed by atoms with Crippen LogP contribution in [-0.4, -0.2) is 34.9 Å². The van der Waals surface area contributed by atoms with Crippen molar-refractivity contribution in [3.05, 3.63) is 34.3 Å². The lowest BCUT2D eigenvalue weighted by Crippen LogP contribution is -2.44. The Morgan fingerprint density at radius 2 is 1.96 bits per heavy atom. The second-order valence-electron chi connectivity index (χ2n) is 6.04. The summed E-state index contributed by atoms with van der Waals surface area (Å²) in [4.78, 5) is 37.3. The average Bonchev–Trinajstić information content (AvgIpc) is 2.76. The van der Waals surface area contributed by atoms with Gasteiger partial charge in [-0.15, -0.1) is 0 Å². The molecule has 1 aromatic carbocycles. The molecule has 0 radical (unpaired) electrons. The molecule has 0 bridgehead atoms. The minimum Gasteiger partial charge on any atom is -0.459 e. The Morgan fingerprint density at radius 1 is 1.29 bits per heavy atom. The van der Waals surface area contributed by atoms with Crippen LogP contribution in [0.2, 0.25) is 0 Å². The van der Waals surface area contributed by atoms with Gasteiger partial charge in [0.2, 0.25) is 0 Å². The number of amides is 3. The minimum absolute atomic E-state index is 0.100. The molecule has 0 aromatic heterocycles. The van der Waals surface area contributed by atoms with Gasteiger partial charge in [0, 0.05) is 4.47 Å². The Labute approximate surface area is 149 Å². The average molecular weight is 397 g/mol. The summed E-state index contributed by atoms with van der Waals surface area (Å²) in [7, 11) is 0. The molecule has 130 valence electrons. The number of esters is 1. The number of imide groups is 1. The molecule has 0 unspecified atom stereocenters. The van der Waals surface area contributed by atoms with E-state index in [0.717, 1.165) is 27.8 Å². The highest BCUT2D eigenvalue weighted by molar-refractivity contribution is 9.10. The number of rotatable bonds is 7. The number of carbonyl (C=O) groups excluding carboxylic acids is 3. The molecule has 3 amide bonds. The number of nitrogens with one attached hydrogen (secondary N) is 1. The number of halogens is 1. The van der Waals surface area contributed by atoms with Crippen LogP contribution in [0, 0.1) is 0 Å². The van der Waals surface area contributed by atoms with Gasteiger partial charge < -0.3 is 10.1 Å². The lowest BCUT2D eigenvalue weighted by Gasteiger charge is -2.21. The van der Waals surface area contributed by atoms with Crippen molar-refractivity contribution < 1.29 is 19.1 Å². The van der Waals surface area contributed by atoms with Crippen molar-refractivity contribution in [1.29, 1.82) is 0 Å². The Morgan fingerprint density at radius 3 is 2.58 bits per heavy atom. The summed E-state index contributed by atoms with van der Waals surface area (Å²) < 4.78 is 6.08. The first-order valence-corrected chi connectivity index (χ1v) is 8.69. The molecule has 6 nitrogen and oxygen atoms in total. The molecule has 1 aromatic rings. The second kappa shape index (κ2) is 7.79. The van der Waals surface area contributed by atoms with Crippen molar-refractivity contribution in [2.24, 2.45) is 0 Å². The molecule has 7 heteroatoms. The van der Waals surface area contributed by atoms with E-state index in [9.17, 15) is 14.4 Å². The van der Waals surface area contributed by atoms with Crippen LogP contribution >= 0.6 is 15.9 Å². The van der Waals surface area contributed by atoms with E-state index in [1.54, 1.807) is 6.92 Å². The van der Waals surface area contributed by atoms with Gasteiger partial charge in [-0.2, -0.15) is 0 Å². The fraction of sp³-hybridized carbons (Fsp3) is 0.471. The van der Waals surface area contributed by atoms with Crippen molar-refractivity contribution in [2.45, 2.75) is 45.3 Å². The number of urea groups is 1. The van der Waals surface area contributed by atoms with Gasteiger partial charge in [-0.1, -0.05) is 47.8 Å². The molecule has 0 aliphatic carbocycles. The molecular weight excluding hydrogens is 376 g/mol. The smallest absolute Gasteiger partial charge is 0.326 e. The SMILES string of the molecule is CCCC[C@@]1(C)NC(=O)N(CC(=O)OCc2ccc(Br)cc2)C1=O. The number of hydrogen-bond acceptors (Lipinski definition) is 4. The summed E-state index contributed by atoms with van der Waals surface area (Å²) in [5.74, 6) is -0.984. The van der Waals surface area contributed by atoms with Crippen molar-refractivity contribution in [3.63, 3.8) is 0 Å². The van der Waals surface area contributed by atoms with Crippen molar-refractivity contribution in [1.82, 2.24) is 10.2 Å². The van der Waals surface area contributed by atoms with Crippen LogP contribution in [-0.2, 0) is 20.9 Å². The molecule has 1 aliphatic heterocycles. The largest absolute Gasteiger partial charge is 0.459 e. The predicted molar refractivity (Wildman–Crippen MR) is 92.1 cm³/mol. The fourth-order valence-corrected chi connectivity index (χ4v) is 2.77. The zero-order valence-electron chi connectivity index (χ0n) is 13.8. The van der Waals surface area contributed by atoms with E-state index in [1.807, 2.05) is 31.2 Å². The number of unbranched alkanes of at least 4 members (excludes halogenated alkanes) is 1. The third-order valence-electron chi connectivity index (χ3n) is 3.98. The number of ether oxygens (including phenoxy) is 1. The number of carbonyl (C=O) groups is 3. The number of nitrogens with zero attached hydrogens (tertiary/aromatic N) is 1. The third-order valence-corrected chi connectivity index (χ3v) is 4.50. The van der Waals surface area contributed by atoms with Crippen LogP contribution < -0.4 is 5.32 Å². The highest BCUT2D eigenvalue weighted by atomic mass is 79.9. The molecule has 2 rings (SSSR count). The van der Waals surface area contributed by atoms with Gasteiger partial charge in [0.1, 0.15) is 18.7 Å². The van der Waals surface area contributed by atoms with Gasteiger partial charge in [-0.3, -0.25) is 14.5 Å². The maximum absolute atomic E-state index is 12.4. The Hall–Kier alpha value is -1.89. The Kier molecular flexibility index (Phi) is 5.99. The van der Waals surface area contributed by atoms with E-state index >= 15 is 0 Å². The van der Waals surface area contributed by atoms with Crippen LogP contribution in [0.25, 0.3) is 0 Å². The van der Waals surface area contributed by atoms with Crippen LogP contribution in [0.1, 0.15) is 38.7 Å². The van der Waals surface area contributed by atoms with Gasteiger partial charge >= 0.3 is 12.0 Å². The summed E-state index contributed by atoms with van der Waals surface area (Å²) in [6.45, 7) is 3.43. The highest BCUT2D eigenvalue weighted by Gasteiger charge is 2.47. The zero-order valence-corrected chi connectivity index (χ0v) is 15.4. The summed E-state index contributed by atoms with van der Waals surface area (Å²) in [6, 6.07) is 6.80. The number of hydrogen-bond donors (Lipinski definition) is 1. The summed E-state index contributed by atoms with van der Waals surface area (Å²) in [6.07, 6.45) is 2.30. The Bertz CT molecular complexity index is 632. The predicted octanol–water partition coefficient (Wildman–Crippen LogP) is 2.99. The standard InChI is InChI=1S/C17H21BrN2O4/c1-3-4-9-17(2)15(22)20(16(23)19-17)10-14(21)24-11-12-5-7-13(18)8-6-12/h5-8H,3-4,9-11H2,1-2H3,(H,19,23)/t17-/m1/s1.